The van der Waals surface area contributed by atoms with Crippen LogP contribution in [0.3, 0.4) is 0 Å². The molecule has 0 N–H and O–H groups in total. The zero-order chi connectivity index (χ0) is 19.1. The van der Waals surface area contributed by atoms with E-state index >= 15 is 0 Å². The fourth-order valence-corrected chi connectivity index (χ4v) is 2.69. The minimum atomic E-state index is -0.654. The van der Waals surface area contributed by atoms with E-state index in [0.29, 0.717) is 31.5 Å². The van der Waals surface area contributed by atoms with E-state index in [-0.39, 0.29) is 30.0 Å². The van der Waals surface area contributed by atoms with Crippen molar-refractivity contribution in [3.63, 3.8) is 0 Å². The van der Waals surface area contributed by atoms with Crippen LogP contribution in [0.15, 0.2) is 24.3 Å². The summed E-state index contributed by atoms with van der Waals surface area (Å²) >= 11 is 0. The number of nitrogens with zero attached hydrogens (tertiary/aromatic N) is 1. The molecule has 26 heavy (non-hydrogen) atoms. The number of esters is 3. The molecule has 1 fully saturated rings. The van der Waals surface area contributed by atoms with Crippen molar-refractivity contribution in [2.45, 2.75) is 12.8 Å². The largest absolute Gasteiger partial charge is 0.469 e. The van der Waals surface area contributed by atoms with Crippen molar-refractivity contribution in [1.29, 1.82) is 0 Å². The number of ether oxygens (including phenoxy) is 3. The predicted molar refractivity (Wildman–Crippen MR) is 89.4 cm³/mol. The molecule has 1 saturated heterocycles. The Hall–Kier alpha value is -2.90. The minimum absolute atomic E-state index is 0.195. The molecule has 0 aromatic heterocycles. The number of rotatable bonds is 5. The molecule has 2 rings (SSSR count). The van der Waals surface area contributed by atoms with E-state index in [2.05, 4.69) is 4.74 Å². The zero-order valence-corrected chi connectivity index (χ0v) is 14.7. The highest BCUT2D eigenvalue weighted by atomic mass is 16.5. The van der Waals surface area contributed by atoms with Crippen molar-refractivity contribution in [3.05, 3.63) is 35.4 Å². The smallest absolute Gasteiger partial charge is 0.338 e. The third kappa shape index (κ3) is 4.81. The summed E-state index contributed by atoms with van der Waals surface area (Å²) in [5.74, 6) is -1.93. The molecule has 1 amide bonds. The lowest BCUT2D eigenvalue weighted by molar-refractivity contribution is -0.149. The van der Waals surface area contributed by atoms with Crippen molar-refractivity contribution < 1.29 is 33.4 Å². The van der Waals surface area contributed by atoms with Gasteiger partial charge in [-0.2, -0.15) is 0 Å². The molecule has 1 aromatic rings. The first-order chi connectivity index (χ1) is 12.5. The number of methoxy groups -OCH3 is 2. The number of likely N-dealkylation sites (tertiary alicyclic amines) is 1. The summed E-state index contributed by atoms with van der Waals surface area (Å²) in [5.41, 5.74) is 0.545. The Kier molecular flexibility index (Phi) is 6.71. The number of piperidine rings is 1. The van der Waals surface area contributed by atoms with E-state index in [4.69, 9.17) is 9.47 Å². The second kappa shape index (κ2) is 8.98. The molecule has 0 atom stereocenters. The standard InChI is InChI=1S/C18H21NO7/c1-24-16(21)12-3-5-13(6-4-12)18(23)26-11-15(20)19-9-7-14(8-10-19)17(22)25-2/h3-6,14H,7-11H2,1-2H3. The van der Waals surface area contributed by atoms with E-state index < -0.39 is 11.9 Å². The highest BCUT2D eigenvalue weighted by molar-refractivity contribution is 5.94. The summed E-state index contributed by atoms with van der Waals surface area (Å²) in [6.45, 7) is 0.467. The summed E-state index contributed by atoms with van der Waals surface area (Å²) in [7, 11) is 2.61. The molecule has 0 radical (unpaired) electrons. The second-order valence-electron chi connectivity index (χ2n) is 5.82. The maximum Gasteiger partial charge on any atom is 0.338 e. The Balaban J connectivity index is 1.81. The van der Waals surface area contributed by atoms with Crippen LogP contribution in [0, 0.1) is 5.92 Å². The third-order valence-electron chi connectivity index (χ3n) is 4.25. The summed E-state index contributed by atoms with van der Waals surface area (Å²) in [5, 5.41) is 0. The maximum atomic E-state index is 12.1. The molecule has 0 spiro atoms. The Bertz CT molecular complexity index is 675. The van der Waals surface area contributed by atoms with Crippen LogP contribution in [0.4, 0.5) is 0 Å². The van der Waals surface area contributed by atoms with Gasteiger partial charge in [-0.15, -0.1) is 0 Å². The summed E-state index contributed by atoms with van der Waals surface area (Å²) in [6, 6.07) is 5.76. The molecule has 8 heteroatoms. The molecule has 140 valence electrons. The van der Waals surface area contributed by atoms with Crippen molar-refractivity contribution >= 4 is 23.8 Å². The van der Waals surface area contributed by atoms with E-state index in [9.17, 15) is 19.2 Å². The van der Waals surface area contributed by atoms with E-state index in [1.807, 2.05) is 0 Å². The number of carbonyl (C=O) groups excluding carboxylic acids is 4. The molecule has 1 aromatic carbocycles. The minimum Gasteiger partial charge on any atom is -0.469 e. The quantitative estimate of drug-likeness (QED) is 0.569. The lowest BCUT2D eigenvalue weighted by Crippen LogP contribution is -2.42. The van der Waals surface area contributed by atoms with Crippen LogP contribution in [0.1, 0.15) is 33.6 Å². The molecule has 1 aliphatic heterocycles. The van der Waals surface area contributed by atoms with E-state index in [0.717, 1.165) is 0 Å². The van der Waals surface area contributed by atoms with E-state index in [1.54, 1.807) is 4.90 Å². The Labute approximate surface area is 151 Å². The number of carbonyl (C=O) groups is 4. The molecule has 1 aliphatic rings. The van der Waals surface area contributed by atoms with Gasteiger partial charge < -0.3 is 19.1 Å². The van der Waals surface area contributed by atoms with Crippen LogP contribution in [0.25, 0.3) is 0 Å². The Morgan fingerprint density at radius 3 is 1.96 bits per heavy atom. The summed E-state index contributed by atoms with van der Waals surface area (Å²) in [6.07, 6.45) is 1.06. The lowest BCUT2D eigenvalue weighted by Gasteiger charge is -2.30. The monoisotopic (exact) mass is 363 g/mol. The van der Waals surface area contributed by atoms with Crippen molar-refractivity contribution in [1.82, 2.24) is 4.90 Å². The van der Waals surface area contributed by atoms with Crippen molar-refractivity contribution in [3.8, 4) is 0 Å². The summed E-state index contributed by atoms with van der Waals surface area (Å²) < 4.78 is 14.3. The summed E-state index contributed by atoms with van der Waals surface area (Å²) in [4.78, 5) is 48.5. The van der Waals surface area contributed by atoms with Crippen LogP contribution in [-0.2, 0) is 23.8 Å². The number of hydrogen-bond donors (Lipinski definition) is 0. The molecular weight excluding hydrogens is 342 g/mol. The molecular formula is C18H21NO7. The maximum absolute atomic E-state index is 12.1. The zero-order valence-electron chi connectivity index (χ0n) is 14.7. The van der Waals surface area contributed by atoms with Gasteiger partial charge in [-0.3, -0.25) is 9.59 Å². The van der Waals surface area contributed by atoms with Crippen molar-refractivity contribution in [2.75, 3.05) is 33.9 Å². The average Bonchev–Trinajstić information content (AvgIpc) is 2.70. The van der Waals surface area contributed by atoms with Gasteiger partial charge in [0.1, 0.15) is 0 Å². The SMILES string of the molecule is COC(=O)c1ccc(C(=O)OCC(=O)N2CCC(C(=O)OC)CC2)cc1. The van der Waals surface area contributed by atoms with Crippen molar-refractivity contribution in [2.24, 2.45) is 5.92 Å². The highest BCUT2D eigenvalue weighted by Crippen LogP contribution is 2.18. The predicted octanol–water partition coefficient (Wildman–Crippen LogP) is 1.04. The van der Waals surface area contributed by atoms with E-state index in [1.165, 1.54) is 38.5 Å². The fourth-order valence-electron chi connectivity index (χ4n) is 2.69. The van der Waals surface area contributed by atoms with Gasteiger partial charge in [-0.25, -0.2) is 9.59 Å². The molecule has 0 unspecified atom stereocenters. The molecule has 0 aliphatic carbocycles. The van der Waals surface area contributed by atoms with Gasteiger partial charge in [0.05, 0.1) is 31.3 Å². The van der Waals surface area contributed by atoms with Gasteiger partial charge in [0, 0.05) is 13.1 Å². The van der Waals surface area contributed by atoms with Crippen LogP contribution < -0.4 is 0 Å². The molecule has 1 heterocycles. The Morgan fingerprint density at radius 1 is 0.923 bits per heavy atom. The van der Waals surface area contributed by atoms with Crippen LogP contribution in [0.2, 0.25) is 0 Å². The number of benzene rings is 1. The van der Waals surface area contributed by atoms with Crippen LogP contribution in [-0.4, -0.2) is 62.6 Å². The molecule has 8 nitrogen and oxygen atoms in total. The first-order valence-electron chi connectivity index (χ1n) is 8.17. The van der Waals surface area contributed by atoms with Crippen LogP contribution in [0.5, 0.6) is 0 Å². The highest BCUT2D eigenvalue weighted by Gasteiger charge is 2.28. The average molecular weight is 363 g/mol. The molecule has 0 saturated carbocycles. The van der Waals surface area contributed by atoms with Gasteiger partial charge >= 0.3 is 17.9 Å². The fraction of sp³-hybridized carbons (Fsp3) is 0.444. The Morgan fingerprint density at radius 2 is 1.46 bits per heavy atom. The number of amides is 1. The van der Waals surface area contributed by atoms with Gasteiger partial charge in [-0.1, -0.05) is 0 Å². The second-order valence-corrected chi connectivity index (χ2v) is 5.82. The third-order valence-corrected chi connectivity index (χ3v) is 4.25. The lowest BCUT2D eigenvalue weighted by atomic mass is 9.97. The van der Waals surface area contributed by atoms with Crippen LogP contribution >= 0.6 is 0 Å². The topological polar surface area (TPSA) is 99.2 Å². The van der Waals surface area contributed by atoms with Gasteiger partial charge in [0.2, 0.25) is 0 Å². The normalized spacial score (nSPS) is 14.5. The van der Waals surface area contributed by atoms with Gasteiger partial charge in [0.25, 0.3) is 5.91 Å². The molecule has 0 bridgehead atoms. The van der Waals surface area contributed by atoms with Gasteiger partial charge in [-0.05, 0) is 37.1 Å². The number of hydrogen-bond acceptors (Lipinski definition) is 7. The first-order valence-corrected chi connectivity index (χ1v) is 8.17. The first kappa shape index (κ1) is 19.4. The van der Waals surface area contributed by atoms with Gasteiger partial charge in [0.15, 0.2) is 6.61 Å².